The van der Waals surface area contributed by atoms with Crippen LogP contribution in [0.3, 0.4) is 0 Å². The molecule has 0 aromatic carbocycles. The largest absolute Gasteiger partial charge is 0.450 e. The molecule has 0 aromatic heterocycles. The van der Waals surface area contributed by atoms with Gasteiger partial charge in [-0.2, -0.15) is 0 Å². The summed E-state index contributed by atoms with van der Waals surface area (Å²) in [6, 6.07) is -0.545. The van der Waals surface area contributed by atoms with Gasteiger partial charge in [0.05, 0.1) is 19.3 Å². The molecular formula is C15H30N2O5. The van der Waals surface area contributed by atoms with E-state index < -0.39 is 18.2 Å². The van der Waals surface area contributed by atoms with Gasteiger partial charge in [-0.3, -0.25) is 4.79 Å². The Kier molecular flexibility index (Phi) is 15.9. The molecule has 7 heteroatoms. The average molecular weight is 318 g/mol. The summed E-state index contributed by atoms with van der Waals surface area (Å²) in [5.41, 5.74) is 0. The van der Waals surface area contributed by atoms with Crippen LogP contribution in [0.15, 0.2) is 0 Å². The maximum atomic E-state index is 11.4. The summed E-state index contributed by atoms with van der Waals surface area (Å²) in [7, 11) is 0. The van der Waals surface area contributed by atoms with Crippen LogP contribution in [0.4, 0.5) is 9.59 Å². The lowest BCUT2D eigenvalue weighted by atomic mass is 10.1. The molecule has 0 saturated heterocycles. The van der Waals surface area contributed by atoms with E-state index in [9.17, 15) is 14.4 Å². The van der Waals surface area contributed by atoms with Crippen LogP contribution in [0, 0.1) is 0 Å². The monoisotopic (exact) mass is 318 g/mol. The zero-order chi connectivity index (χ0) is 17.4. The summed E-state index contributed by atoms with van der Waals surface area (Å²) in [6.07, 6.45) is 0.882. The average Bonchev–Trinajstić information content (AvgIpc) is 2.48. The molecule has 2 amide bonds. The first-order valence-electron chi connectivity index (χ1n) is 7.85. The van der Waals surface area contributed by atoms with Crippen LogP contribution in [0.1, 0.15) is 53.9 Å². The number of carbonyl (C=O) groups excluding carboxylic acids is 3. The van der Waals surface area contributed by atoms with Crippen molar-refractivity contribution in [3.8, 4) is 0 Å². The van der Waals surface area contributed by atoms with E-state index in [2.05, 4.69) is 10.6 Å². The van der Waals surface area contributed by atoms with Crippen LogP contribution in [0.25, 0.3) is 0 Å². The van der Waals surface area contributed by atoms with E-state index in [1.807, 2.05) is 13.8 Å². The van der Waals surface area contributed by atoms with E-state index in [1.54, 1.807) is 13.8 Å². The Morgan fingerprint density at radius 2 is 1.50 bits per heavy atom. The molecule has 0 aliphatic carbocycles. The molecule has 22 heavy (non-hydrogen) atoms. The molecule has 0 spiro atoms. The zero-order valence-electron chi connectivity index (χ0n) is 14.4. The lowest BCUT2D eigenvalue weighted by Gasteiger charge is -2.15. The molecule has 0 bridgehead atoms. The smallest absolute Gasteiger partial charge is 0.407 e. The van der Waals surface area contributed by atoms with Crippen molar-refractivity contribution in [2.75, 3.05) is 19.8 Å². The van der Waals surface area contributed by atoms with Crippen LogP contribution in [-0.4, -0.2) is 43.8 Å². The van der Waals surface area contributed by atoms with Gasteiger partial charge in [-0.25, -0.2) is 9.59 Å². The second kappa shape index (κ2) is 15.6. The minimum Gasteiger partial charge on any atom is -0.450 e. The number of ether oxygens (including phenoxy) is 2. The second-order valence-electron chi connectivity index (χ2n) is 4.17. The van der Waals surface area contributed by atoms with E-state index in [0.717, 1.165) is 0 Å². The summed E-state index contributed by atoms with van der Waals surface area (Å²) in [6.45, 7) is 9.93. The Morgan fingerprint density at radius 3 is 2.00 bits per heavy atom. The molecule has 2 N–H and O–H groups in total. The number of hydrogen-bond donors (Lipinski definition) is 2. The SMILES string of the molecule is CC.CCOC(=O)NCCCCC(NC(=O)OCC)C(C)=O. The minimum absolute atomic E-state index is 0.114. The summed E-state index contributed by atoms with van der Waals surface area (Å²) in [5.74, 6) is -0.114. The molecule has 0 fully saturated rings. The summed E-state index contributed by atoms with van der Waals surface area (Å²) in [4.78, 5) is 33.6. The fourth-order valence-corrected chi connectivity index (χ4v) is 1.54. The third kappa shape index (κ3) is 13.2. The van der Waals surface area contributed by atoms with Gasteiger partial charge in [0.2, 0.25) is 0 Å². The Hall–Kier alpha value is -1.79. The highest BCUT2D eigenvalue weighted by atomic mass is 16.6. The lowest BCUT2D eigenvalue weighted by molar-refractivity contribution is -0.119. The number of carbonyl (C=O) groups is 3. The molecular weight excluding hydrogens is 288 g/mol. The fraction of sp³-hybridized carbons (Fsp3) is 0.800. The molecule has 0 radical (unpaired) electrons. The highest BCUT2D eigenvalue weighted by Crippen LogP contribution is 2.02. The molecule has 0 heterocycles. The van der Waals surface area contributed by atoms with Crippen LogP contribution in [0.5, 0.6) is 0 Å². The van der Waals surface area contributed by atoms with Crippen molar-refractivity contribution in [2.24, 2.45) is 0 Å². The number of Topliss-reactive ketones (excluding diaryl/α,β-unsaturated/α-hetero) is 1. The fourth-order valence-electron chi connectivity index (χ4n) is 1.54. The number of hydrogen-bond acceptors (Lipinski definition) is 5. The van der Waals surface area contributed by atoms with Gasteiger partial charge in [0.25, 0.3) is 0 Å². The van der Waals surface area contributed by atoms with E-state index in [1.165, 1.54) is 6.92 Å². The van der Waals surface area contributed by atoms with Gasteiger partial charge < -0.3 is 20.1 Å². The highest BCUT2D eigenvalue weighted by molar-refractivity contribution is 5.85. The minimum atomic E-state index is -0.586. The Labute approximate surface area is 133 Å². The number of unbranched alkanes of at least 4 members (excludes halogenated alkanes) is 1. The van der Waals surface area contributed by atoms with E-state index >= 15 is 0 Å². The van der Waals surface area contributed by atoms with Crippen molar-refractivity contribution in [1.82, 2.24) is 10.6 Å². The molecule has 0 aliphatic heterocycles. The zero-order valence-corrected chi connectivity index (χ0v) is 14.4. The third-order valence-electron chi connectivity index (χ3n) is 2.52. The Balaban J connectivity index is 0. The molecule has 1 unspecified atom stereocenters. The molecule has 0 aromatic rings. The van der Waals surface area contributed by atoms with Gasteiger partial charge in [-0.05, 0) is 40.0 Å². The quantitative estimate of drug-likeness (QED) is 0.637. The predicted molar refractivity (Wildman–Crippen MR) is 84.9 cm³/mol. The molecule has 1 atom stereocenters. The van der Waals surface area contributed by atoms with Crippen molar-refractivity contribution in [2.45, 2.75) is 59.9 Å². The maximum Gasteiger partial charge on any atom is 0.407 e. The van der Waals surface area contributed by atoms with Crippen LogP contribution in [-0.2, 0) is 14.3 Å². The first-order chi connectivity index (χ1) is 10.5. The van der Waals surface area contributed by atoms with Crippen LogP contribution in [0.2, 0.25) is 0 Å². The number of ketones is 1. The molecule has 130 valence electrons. The Morgan fingerprint density at radius 1 is 0.955 bits per heavy atom. The summed E-state index contributed by atoms with van der Waals surface area (Å²) >= 11 is 0. The lowest BCUT2D eigenvalue weighted by Crippen LogP contribution is -2.40. The third-order valence-corrected chi connectivity index (χ3v) is 2.52. The highest BCUT2D eigenvalue weighted by Gasteiger charge is 2.16. The second-order valence-corrected chi connectivity index (χ2v) is 4.17. The van der Waals surface area contributed by atoms with Gasteiger partial charge >= 0.3 is 12.2 Å². The van der Waals surface area contributed by atoms with Crippen molar-refractivity contribution in [3.05, 3.63) is 0 Å². The van der Waals surface area contributed by atoms with Gasteiger partial charge in [0, 0.05) is 6.54 Å². The van der Waals surface area contributed by atoms with Crippen molar-refractivity contribution in [1.29, 1.82) is 0 Å². The van der Waals surface area contributed by atoms with E-state index in [-0.39, 0.29) is 12.4 Å². The predicted octanol–water partition coefficient (Wildman–Crippen LogP) is 2.63. The number of alkyl carbamates (subject to hydrolysis) is 2. The first kappa shape index (κ1) is 22.5. The standard InChI is InChI=1S/C13H24N2O5.C2H6/c1-4-19-12(17)14-9-7-6-8-11(10(3)16)15-13(18)20-5-2;1-2/h11H,4-9H2,1-3H3,(H,14,17)(H,15,18);1-2H3. The normalized spacial score (nSPS) is 10.6. The van der Waals surface area contributed by atoms with Crippen LogP contribution >= 0.6 is 0 Å². The number of rotatable bonds is 9. The topological polar surface area (TPSA) is 93.7 Å². The number of amides is 2. The first-order valence-corrected chi connectivity index (χ1v) is 7.85. The van der Waals surface area contributed by atoms with Crippen molar-refractivity contribution in [3.63, 3.8) is 0 Å². The summed E-state index contributed by atoms with van der Waals surface area (Å²) < 4.78 is 9.44. The van der Waals surface area contributed by atoms with Crippen LogP contribution < -0.4 is 10.6 Å². The Bertz CT molecular complexity index is 321. The van der Waals surface area contributed by atoms with Gasteiger partial charge in [0.15, 0.2) is 5.78 Å². The molecule has 0 rings (SSSR count). The van der Waals surface area contributed by atoms with Crippen molar-refractivity contribution < 1.29 is 23.9 Å². The maximum absolute atomic E-state index is 11.4. The van der Waals surface area contributed by atoms with Gasteiger partial charge in [-0.15, -0.1) is 0 Å². The molecule has 7 nitrogen and oxygen atoms in total. The van der Waals surface area contributed by atoms with Gasteiger partial charge in [0.1, 0.15) is 0 Å². The van der Waals surface area contributed by atoms with E-state index in [0.29, 0.717) is 32.4 Å². The number of nitrogens with one attached hydrogen (secondary N) is 2. The molecule has 0 saturated carbocycles. The summed E-state index contributed by atoms with van der Waals surface area (Å²) in [5, 5.41) is 5.10. The van der Waals surface area contributed by atoms with Gasteiger partial charge in [-0.1, -0.05) is 13.8 Å². The molecule has 0 aliphatic rings. The van der Waals surface area contributed by atoms with E-state index in [4.69, 9.17) is 9.47 Å². The van der Waals surface area contributed by atoms with Crippen molar-refractivity contribution >= 4 is 18.0 Å².